The zero-order chi connectivity index (χ0) is 13.1. The highest BCUT2D eigenvalue weighted by Crippen LogP contribution is 2.31. The molecule has 0 bridgehead atoms. The van der Waals surface area contributed by atoms with Crippen molar-refractivity contribution in [3.05, 3.63) is 33.9 Å². The lowest BCUT2D eigenvalue weighted by Crippen LogP contribution is -2.19. The van der Waals surface area contributed by atoms with Gasteiger partial charge in [0.05, 0.1) is 17.1 Å². The van der Waals surface area contributed by atoms with Crippen LogP contribution in [-0.4, -0.2) is 22.8 Å². The molecular weight excluding hydrogens is 243 g/mol. The van der Waals surface area contributed by atoms with Gasteiger partial charge in [-0.15, -0.1) is 0 Å². The third-order valence-corrected chi connectivity index (χ3v) is 1.83. The molecule has 1 aromatic carbocycles. The zero-order valence-corrected chi connectivity index (χ0v) is 8.40. The quantitative estimate of drug-likeness (QED) is 0.656. The summed E-state index contributed by atoms with van der Waals surface area (Å²) in [7, 11) is 0. The molecule has 1 aromatic rings. The molecule has 0 saturated heterocycles. The second-order valence-electron chi connectivity index (χ2n) is 3.08. The van der Waals surface area contributed by atoms with E-state index in [0.29, 0.717) is 0 Å². The number of nitro benzene ring substituents is 1. The van der Waals surface area contributed by atoms with Gasteiger partial charge in [0.25, 0.3) is 0 Å². The van der Waals surface area contributed by atoms with Crippen LogP contribution < -0.4 is 4.74 Å². The standard InChI is InChI=1S/C9H8F3NO4/c10-9(11,12)5-17-7-3-1-2-6(4-14)8(7)13(15)16/h1-3,14H,4-5H2. The topological polar surface area (TPSA) is 72.6 Å². The van der Waals surface area contributed by atoms with E-state index in [2.05, 4.69) is 4.74 Å². The monoisotopic (exact) mass is 251 g/mol. The zero-order valence-electron chi connectivity index (χ0n) is 8.40. The minimum atomic E-state index is -4.58. The number of nitrogens with zero attached hydrogens (tertiary/aromatic N) is 1. The van der Waals surface area contributed by atoms with E-state index in [9.17, 15) is 23.3 Å². The van der Waals surface area contributed by atoms with Crippen molar-refractivity contribution in [3.8, 4) is 5.75 Å². The summed E-state index contributed by atoms with van der Waals surface area (Å²) in [6, 6.07) is 3.55. The number of hydrogen-bond donors (Lipinski definition) is 1. The number of benzene rings is 1. The molecule has 0 fully saturated rings. The number of aliphatic hydroxyl groups excluding tert-OH is 1. The molecule has 0 atom stereocenters. The molecule has 0 aliphatic rings. The fourth-order valence-electron chi connectivity index (χ4n) is 1.18. The van der Waals surface area contributed by atoms with Gasteiger partial charge in [-0.3, -0.25) is 10.1 Å². The van der Waals surface area contributed by atoms with Crippen LogP contribution in [0, 0.1) is 10.1 Å². The Labute approximate surface area is 93.6 Å². The number of halogens is 3. The van der Waals surface area contributed by atoms with Crippen LogP contribution in [0.5, 0.6) is 5.75 Å². The number of aliphatic hydroxyl groups is 1. The number of hydrogen-bond acceptors (Lipinski definition) is 4. The first-order chi connectivity index (χ1) is 7.85. The molecular formula is C9H8F3NO4. The van der Waals surface area contributed by atoms with E-state index < -0.39 is 35.8 Å². The van der Waals surface area contributed by atoms with Gasteiger partial charge in [-0.05, 0) is 12.1 Å². The van der Waals surface area contributed by atoms with Gasteiger partial charge in [-0.25, -0.2) is 0 Å². The van der Waals surface area contributed by atoms with Crippen LogP contribution in [0.3, 0.4) is 0 Å². The second kappa shape index (κ2) is 5.00. The summed E-state index contributed by atoms with van der Waals surface area (Å²) in [5.74, 6) is -0.515. The van der Waals surface area contributed by atoms with Gasteiger partial charge in [-0.2, -0.15) is 13.2 Å². The van der Waals surface area contributed by atoms with Crippen molar-refractivity contribution in [2.45, 2.75) is 12.8 Å². The average molecular weight is 251 g/mol. The summed E-state index contributed by atoms with van der Waals surface area (Å²) in [5.41, 5.74) is -0.756. The van der Waals surface area contributed by atoms with E-state index >= 15 is 0 Å². The lowest BCUT2D eigenvalue weighted by molar-refractivity contribution is -0.387. The summed E-state index contributed by atoms with van der Waals surface area (Å²) < 4.78 is 40.1. The van der Waals surface area contributed by atoms with Gasteiger partial charge in [0, 0.05) is 0 Å². The molecule has 0 spiro atoms. The Bertz CT molecular complexity index is 419. The van der Waals surface area contributed by atoms with Crippen LogP contribution in [-0.2, 0) is 6.61 Å². The molecule has 0 unspecified atom stereocenters. The van der Waals surface area contributed by atoms with Crippen molar-refractivity contribution in [2.75, 3.05) is 6.61 Å². The highest BCUT2D eigenvalue weighted by atomic mass is 19.4. The molecule has 0 aliphatic carbocycles. The predicted molar refractivity (Wildman–Crippen MR) is 50.6 cm³/mol. The van der Waals surface area contributed by atoms with Crippen LogP contribution in [0.2, 0.25) is 0 Å². The molecule has 0 amide bonds. The molecule has 1 N–H and O–H groups in total. The lowest BCUT2D eigenvalue weighted by atomic mass is 10.2. The summed E-state index contributed by atoms with van der Waals surface area (Å²) in [5, 5.41) is 19.5. The maximum absolute atomic E-state index is 11.9. The number of rotatable bonds is 4. The fraction of sp³-hybridized carbons (Fsp3) is 0.333. The second-order valence-corrected chi connectivity index (χ2v) is 3.08. The number of para-hydroxylation sites is 1. The van der Waals surface area contributed by atoms with E-state index in [-0.39, 0.29) is 5.56 Å². The lowest BCUT2D eigenvalue weighted by Gasteiger charge is -2.10. The normalized spacial score (nSPS) is 11.3. The summed E-state index contributed by atoms with van der Waals surface area (Å²) >= 11 is 0. The molecule has 1 rings (SSSR count). The Balaban J connectivity index is 3.02. The maximum Gasteiger partial charge on any atom is 0.422 e. The van der Waals surface area contributed by atoms with E-state index in [0.717, 1.165) is 6.07 Å². The minimum absolute atomic E-state index is 0.102. The number of nitro groups is 1. The van der Waals surface area contributed by atoms with Gasteiger partial charge in [0.15, 0.2) is 12.4 Å². The minimum Gasteiger partial charge on any atom is -0.477 e. The van der Waals surface area contributed by atoms with E-state index in [4.69, 9.17) is 5.11 Å². The molecule has 0 aliphatic heterocycles. The number of ether oxygens (including phenoxy) is 1. The van der Waals surface area contributed by atoms with E-state index in [1.807, 2.05) is 0 Å². The van der Waals surface area contributed by atoms with Crippen molar-refractivity contribution in [1.29, 1.82) is 0 Å². The number of alkyl halides is 3. The molecule has 0 heterocycles. The SMILES string of the molecule is O=[N+]([O-])c1c(CO)cccc1OCC(F)(F)F. The Morgan fingerprint density at radius 1 is 1.41 bits per heavy atom. The first-order valence-electron chi connectivity index (χ1n) is 4.42. The molecule has 0 saturated carbocycles. The van der Waals surface area contributed by atoms with Gasteiger partial charge in [0.2, 0.25) is 0 Å². The Kier molecular flexibility index (Phi) is 3.89. The van der Waals surface area contributed by atoms with Crippen molar-refractivity contribution in [2.24, 2.45) is 0 Å². The van der Waals surface area contributed by atoms with Gasteiger partial charge in [0.1, 0.15) is 0 Å². The van der Waals surface area contributed by atoms with Crippen molar-refractivity contribution < 1.29 is 27.9 Å². The molecule has 0 aromatic heterocycles. The summed E-state index contributed by atoms with van der Waals surface area (Å²) in [6.45, 7) is -2.28. The molecule has 94 valence electrons. The average Bonchev–Trinajstić information content (AvgIpc) is 2.24. The largest absolute Gasteiger partial charge is 0.477 e. The van der Waals surface area contributed by atoms with Gasteiger partial charge >= 0.3 is 11.9 Å². The van der Waals surface area contributed by atoms with Crippen LogP contribution in [0.4, 0.5) is 18.9 Å². The summed E-state index contributed by atoms with van der Waals surface area (Å²) in [4.78, 5) is 9.77. The van der Waals surface area contributed by atoms with Gasteiger partial charge < -0.3 is 9.84 Å². The van der Waals surface area contributed by atoms with Crippen LogP contribution in [0.25, 0.3) is 0 Å². The molecule has 5 nitrogen and oxygen atoms in total. The smallest absolute Gasteiger partial charge is 0.422 e. The first kappa shape index (κ1) is 13.2. The Morgan fingerprint density at radius 3 is 2.53 bits per heavy atom. The Morgan fingerprint density at radius 2 is 2.06 bits per heavy atom. The molecule has 0 radical (unpaired) electrons. The molecule has 17 heavy (non-hydrogen) atoms. The van der Waals surface area contributed by atoms with Crippen LogP contribution in [0.1, 0.15) is 5.56 Å². The summed E-state index contributed by atoms with van der Waals surface area (Å²) in [6.07, 6.45) is -4.58. The highest BCUT2D eigenvalue weighted by Gasteiger charge is 2.30. The maximum atomic E-state index is 11.9. The van der Waals surface area contributed by atoms with Crippen molar-refractivity contribution in [3.63, 3.8) is 0 Å². The van der Waals surface area contributed by atoms with Crippen LogP contribution >= 0.6 is 0 Å². The highest BCUT2D eigenvalue weighted by molar-refractivity contribution is 5.52. The van der Waals surface area contributed by atoms with Crippen LogP contribution in [0.15, 0.2) is 18.2 Å². The fourth-order valence-corrected chi connectivity index (χ4v) is 1.18. The van der Waals surface area contributed by atoms with Crippen molar-refractivity contribution in [1.82, 2.24) is 0 Å². The third kappa shape index (κ3) is 3.59. The third-order valence-electron chi connectivity index (χ3n) is 1.83. The van der Waals surface area contributed by atoms with E-state index in [1.54, 1.807) is 0 Å². The molecule has 8 heteroatoms. The first-order valence-corrected chi connectivity index (χ1v) is 4.42. The predicted octanol–water partition coefficient (Wildman–Crippen LogP) is 2.03. The van der Waals surface area contributed by atoms with E-state index in [1.165, 1.54) is 12.1 Å². The van der Waals surface area contributed by atoms with Gasteiger partial charge in [-0.1, -0.05) is 6.07 Å². The van der Waals surface area contributed by atoms with Crippen molar-refractivity contribution >= 4 is 5.69 Å². The Hall–Kier alpha value is -1.83.